The molecule has 0 aromatic carbocycles. The molecule has 6 nitrogen and oxygen atoms in total. The molecular weight excluding hydrogens is 304 g/mol. The monoisotopic (exact) mass is 332 g/mol. The number of aliphatic imine (C=N–C) groups is 1. The minimum atomic E-state index is 0.213. The molecule has 0 aliphatic carbocycles. The fraction of sp³-hybridized carbons (Fsp3) is 0.556. The van der Waals surface area contributed by atoms with Gasteiger partial charge in [-0.3, -0.25) is 4.79 Å². The average molecular weight is 332 g/mol. The van der Waals surface area contributed by atoms with Crippen molar-refractivity contribution < 1.29 is 9.21 Å². The first-order valence-corrected chi connectivity index (χ1v) is 8.58. The molecule has 0 saturated carbocycles. The van der Waals surface area contributed by atoms with Gasteiger partial charge in [0.1, 0.15) is 5.76 Å². The van der Waals surface area contributed by atoms with Crippen LogP contribution in [0.1, 0.15) is 32.4 Å². The minimum Gasteiger partial charge on any atom is -0.469 e. The lowest BCUT2D eigenvalue weighted by Gasteiger charge is -2.19. The smallest absolute Gasteiger partial charge is 0.222 e. The third kappa shape index (κ3) is 5.76. The number of hydrogen-bond acceptors (Lipinski definition) is 3. The number of hydrogen-bond donors (Lipinski definition) is 2. The number of carbonyl (C=O) groups is 1. The highest BCUT2D eigenvalue weighted by atomic mass is 16.3. The van der Waals surface area contributed by atoms with Crippen molar-refractivity contribution >= 4 is 11.9 Å². The summed E-state index contributed by atoms with van der Waals surface area (Å²) >= 11 is 0. The van der Waals surface area contributed by atoms with E-state index in [0.717, 1.165) is 49.8 Å². The Kier molecular flexibility index (Phi) is 6.90. The zero-order chi connectivity index (χ0) is 17.4. The first kappa shape index (κ1) is 18.1. The van der Waals surface area contributed by atoms with E-state index in [4.69, 9.17) is 4.42 Å². The zero-order valence-electron chi connectivity index (χ0n) is 14.7. The molecule has 1 unspecified atom stereocenters. The molecule has 6 heteroatoms. The van der Waals surface area contributed by atoms with Crippen LogP contribution in [0.25, 0.3) is 0 Å². The van der Waals surface area contributed by atoms with Gasteiger partial charge in [-0.15, -0.1) is 0 Å². The van der Waals surface area contributed by atoms with Crippen molar-refractivity contribution in [1.82, 2.24) is 15.5 Å². The Labute approximate surface area is 144 Å². The van der Waals surface area contributed by atoms with E-state index in [1.54, 1.807) is 6.26 Å². The van der Waals surface area contributed by atoms with Gasteiger partial charge >= 0.3 is 0 Å². The Bertz CT molecular complexity index is 566. The predicted octanol–water partition coefficient (Wildman–Crippen LogP) is 1.94. The highest BCUT2D eigenvalue weighted by Crippen LogP contribution is 2.10. The quantitative estimate of drug-likeness (QED) is 0.455. The highest BCUT2D eigenvalue weighted by molar-refractivity contribution is 5.81. The second-order valence-electron chi connectivity index (χ2n) is 6.20. The van der Waals surface area contributed by atoms with E-state index in [-0.39, 0.29) is 11.9 Å². The molecule has 1 aliphatic rings. The van der Waals surface area contributed by atoms with E-state index >= 15 is 0 Å². The fourth-order valence-electron chi connectivity index (χ4n) is 2.65. The molecule has 24 heavy (non-hydrogen) atoms. The van der Waals surface area contributed by atoms with Crippen LogP contribution in [0.5, 0.6) is 0 Å². The Morgan fingerprint density at radius 3 is 3.04 bits per heavy atom. The predicted molar refractivity (Wildman–Crippen MR) is 95.9 cm³/mol. The van der Waals surface area contributed by atoms with Crippen LogP contribution in [0.4, 0.5) is 0 Å². The number of carbonyl (C=O) groups excluding carboxylic acids is 1. The maximum Gasteiger partial charge on any atom is 0.222 e. The average Bonchev–Trinajstić information content (AvgIpc) is 3.23. The molecule has 0 spiro atoms. The highest BCUT2D eigenvalue weighted by Gasteiger charge is 2.25. The fourth-order valence-corrected chi connectivity index (χ4v) is 2.65. The third-order valence-corrected chi connectivity index (χ3v) is 3.94. The molecule has 132 valence electrons. The first-order chi connectivity index (χ1) is 11.6. The summed E-state index contributed by atoms with van der Waals surface area (Å²) < 4.78 is 5.34. The molecule has 1 amide bonds. The molecule has 0 radical (unpaired) electrons. The molecule has 1 atom stereocenters. The van der Waals surface area contributed by atoms with Gasteiger partial charge in [0.2, 0.25) is 5.91 Å². The molecule has 1 fully saturated rings. The summed E-state index contributed by atoms with van der Waals surface area (Å²) in [6.45, 7) is 10.6. The standard InChI is InChI=1S/C18H28N4O2/c1-4-17(23)22-10-8-15(13-22)21-18(20-12-14(2)3)19-9-7-16-6-5-11-24-16/h5-6,11,15H,2,4,7-10,12-13H2,1,3H3,(H2,19,20,21). The van der Waals surface area contributed by atoms with Crippen molar-refractivity contribution in [3.8, 4) is 0 Å². The Balaban J connectivity index is 1.85. The number of nitrogens with zero attached hydrogens (tertiary/aromatic N) is 2. The Hall–Kier alpha value is -2.24. The summed E-state index contributed by atoms with van der Waals surface area (Å²) in [6, 6.07) is 4.09. The van der Waals surface area contributed by atoms with Crippen LogP contribution in [-0.4, -0.2) is 49.0 Å². The summed E-state index contributed by atoms with van der Waals surface area (Å²) in [5, 5.41) is 6.77. The van der Waals surface area contributed by atoms with Crippen LogP contribution in [0.2, 0.25) is 0 Å². The van der Waals surface area contributed by atoms with Crippen LogP contribution in [-0.2, 0) is 11.2 Å². The topological polar surface area (TPSA) is 69.9 Å². The molecule has 2 rings (SSSR count). The van der Waals surface area contributed by atoms with Crippen molar-refractivity contribution in [2.75, 3.05) is 26.2 Å². The Morgan fingerprint density at radius 2 is 2.38 bits per heavy atom. The number of furan rings is 1. The lowest BCUT2D eigenvalue weighted by atomic mass is 10.2. The van der Waals surface area contributed by atoms with Gasteiger partial charge in [-0.1, -0.05) is 19.1 Å². The summed E-state index contributed by atoms with van der Waals surface area (Å²) in [5.74, 6) is 1.92. The van der Waals surface area contributed by atoms with Crippen LogP contribution in [0.15, 0.2) is 40.0 Å². The summed E-state index contributed by atoms with van der Waals surface area (Å²) in [6.07, 6.45) is 3.98. The lowest BCUT2D eigenvalue weighted by molar-refractivity contribution is -0.129. The molecule has 0 bridgehead atoms. The van der Waals surface area contributed by atoms with Crippen molar-refractivity contribution in [3.63, 3.8) is 0 Å². The zero-order valence-corrected chi connectivity index (χ0v) is 14.7. The summed E-state index contributed by atoms with van der Waals surface area (Å²) in [5.41, 5.74) is 1.01. The largest absolute Gasteiger partial charge is 0.469 e. The van der Waals surface area contributed by atoms with Gasteiger partial charge in [-0.05, 0) is 25.5 Å². The van der Waals surface area contributed by atoms with Crippen LogP contribution in [0.3, 0.4) is 0 Å². The lowest BCUT2D eigenvalue weighted by Crippen LogP contribution is -2.45. The van der Waals surface area contributed by atoms with Crippen molar-refractivity contribution in [2.24, 2.45) is 4.99 Å². The van der Waals surface area contributed by atoms with Crippen LogP contribution in [0, 0.1) is 0 Å². The molecule has 1 aliphatic heterocycles. The van der Waals surface area contributed by atoms with Gasteiger partial charge in [-0.2, -0.15) is 0 Å². The van der Waals surface area contributed by atoms with Gasteiger partial charge in [0.15, 0.2) is 5.96 Å². The van der Waals surface area contributed by atoms with E-state index in [1.165, 1.54) is 0 Å². The number of amides is 1. The van der Waals surface area contributed by atoms with Crippen LogP contribution >= 0.6 is 0 Å². The van der Waals surface area contributed by atoms with E-state index in [9.17, 15) is 4.79 Å². The maximum absolute atomic E-state index is 11.8. The summed E-state index contributed by atoms with van der Waals surface area (Å²) in [4.78, 5) is 18.3. The van der Waals surface area contributed by atoms with Crippen molar-refractivity contribution in [3.05, 3.63) is 36.3 Å². The molecule has 2 heterocycles. The molecular formula is C18H28N4O2. The van der Waals surface area contributed by atoms with Gasteiger partial charge in [0.05, 0.1) is 12.8 Å². The van der Waals surface area contributed by atoms with Gasteiger partial charge in [-0.25, -0.2) is 4.99 Å². The van der Waals surface area contributed by atoms with E-state index in [1.807, 2.05) is 30.9 Å². The van der Waals surface area contributed by atoms with Gasteiger partial charge in [0.25, 0.3) is 0 Å². The second kappa shape index (κ2) is 9.15. The molecule has 1 aromatic rings. The molecule has 1 aromatic heterocycles. The maximum atomic E-state index is 11.8. The van der Waals surface area contributed by atoms with Gasteiger partial charge in [0, 0.05) is 38.5 Å². The third-order valence-electron chi connectivity index (χ3n) is 3.94. The minimum absolute atomic E-state index is 0.213. The van der Waals surface area contributed by atoms with Crippen molar-refractivity contribution in [2.45, 2.75) is 39.2 Å². The van der Waals surface area contributed by atoms with E-state index < -0.39 is 0 Å². The number of likely N-dealkylation sites (tertiary alicyclic amines) is 1. The van der Waals surface area contributed by atoms with Crippen molar-refractivity contribution in [1.29, 1.82) is 0 Å². The van der Waals surface area contributed by atoms with Gasteiger partial charge < -0.3 is 20.0 Å². The normalized spacial score (nSPS) is 17.8. The molecule has 1 saturated heterocycles. The van der Waals surface area contributed by atoms with Crippen LogP contribution < -0.4 is 10.6 Å². The number of nitrogens with one attached hydrogen (secondary N) is 2. The van der Waals surface area contributed by atoms with E-state index in [0.29, 0.717) is 13.0 Å². The number of guanidine groups is 1. The van der Waals surface area contributed by atoms with E-state index in [2.05, 4.69) is 22.2 Å². The number of rotatable bonds is 7. The molecule has 2 N–H and O–H groups in total. The second-order valence-corrected chi connectivity index (χ2v) is 6.20. The SMILES string of the molecule is C=C(C)CN=C(NCCc1ccco1)NC1CCN(C(=O)CC)C1. The first-order valence-electron chi connectivity index (χ1n) is 8.58. The summed E-state index contributed by atoms with van der Waals surface area (Å²) in [7, 11) is 0. The Morgan fingerprint density at radius 1 is 1.54 bits per heavy atom.